The van der Waals surface area contributed by atoms with Crippen LogP contribution in [0.5, 0.6) is 0 Å². The number of Topliss-reactive ketones (excluding diaryl/α,β-unsaturated/α-hetero) is 1. The first-order valence-corrected chi connectivity index (χ1v) is 10.9. The standard InChI is InChI=1S/C24H28N2OS/c1-18-8-9-23-21(16-18)19(2)24(28-23)22(27)10-11-25-12-14-26(15-13-25)17-20-6-4-3-5-7-20/h3-9,16H,10-15,17H2,1-2H3. The molecule has 2 heterocycles. The lowest BCUT2D eigenvalue weighted by atomic mass is 10.1. The summed E-state index contributed by atoms with van der Waals surface area (Å²) in [6.45, 7) is 10.3. The predicted octanol–water partition coefficient (Wildman–Crippen LogP) is 4.91. The molecule has 0 saturated carbocycles. The monoisotopic (exact) mass is 392 g/mol. The molecule has 28 heavy (non-hydrogen) atoms. The molecule has 2 aromatic carbocycles. The lowest BCUT2D eigenvalue weighted by Crippen LogP contribution is -2.46. The summed E-state index contributed by atoms with van der Waals surface area (Å²) in [6, 6.07) is 17.1. The van der Waals surface area contributed by atoms with Gasteiger partial charge in [0.05, 0.1) is 4.88 Å². The Bertz CT molecular complexity index is 955. The van der Waals surface area contributed by atoms with Crippen molar-refractivity contribution in [3.63, 3.8) is 0 Å². The zero-order chi connectivity index (χ0) is 19.5. The Hall–Kier alpha value is -2.01. The third-order valence-electron chi connectivity index (χ3n) is 5.71. The van der Waals surface area contributed by atoms with Crippen LogP contribution >= 0.6 is 11.3 Å². The summed E-state index contributed by atoms with van der Waals surface area (Å²) in [5, 5.41) is 1.24. The van der Waals surface area contributed by atoms with Crippen LogP contribution in [-0.4, -0.2) is 48.3 Å². The van der Waals surface area contributed by atoms with Crippen LogP contribution in [0.1, 0.15) is 32.8 Å². The fourth-order valence-corrected chi connectivity index (χ4v) is 5.14. The predicted molar refractivity (Wildman–Crippen MR) is 118 cm³/mol. The molecule has 0 amide bonds. The van der Waals surface area contributed by atoms with E-state index in [0.29, 0.717) is 12.2 Å². The second-order valence-corrected chi connectivity index (χ2v) is 8.88. The molecule has 3 aromatic rings. The van der Waals surface area contributed by atoms with Gasteiger partial charge in [-0.2, -0.15) is 0 Å². The molecule has 0 unspecified atom stereocenters. The highest BCUT2D eigenvalue weighted by atomic mass is 32.1. The Morgan fingerprint density at radius 3 is 2.43 bits per heavy atom. The first kappa shape index (κ1) is 19.3. The average molecular weight is 393 g/mol. The van der Waals surface area contributed by atoms with Gasteiger partial charge < -0.3 is 4.90 Å². The number of piperazine rings is 1. The number of fused-ring (bicyclic) bond motifs is 1. The van der Waals surface area contributed by atoms with Crippen molar-refractivity contribution < 1.29 is 4.79 Å². The lowest BCUT2D eigenvalue weighted by molar-refractivity contribution is 0.0926. The van der Waals surface area contributed by atoms with Gasteiger partial charge in [-0.15, -0.1) is 11.3 Å². The molecule has 0 bridgehead atoms. The minimum atomic E-state index is 0.295. The summed E-state index contributed by atoms with van der Waals surface area (Å²) in [7, 11) is 0. The van der Waals surface area contributed by atoms with E-state index in [-0.39, 0.29) is 0 Å². The molecular formula is C24H28N2OS. The number of ketones is 1. The molecule has 0 atom stereocenters. The molecule has 1 saturated heterocycles. The number of benzene rings is 2. The molecule has 4 rings (SSSR count). The summed E-state index contributed by atoms with van der Waals surface area (Å²) in [5.41, 5.74) is 3.78. The summed E-state index contributed by atoms with van der Waals surface area (Å²) >= 11 is 1.65. The quantitative estimate of drug-likeness (QED) is 0.557. The van der Waals surface area contributed by atoms with Crippen LogP contribution in [0.3, 0.4) is 0 Å². The number of hydrogen-bond acceptors (Lipinski definition) is 4. The second kappa shape index (κ2) is 8.56. The minimum Gasteiger partial charge on any atom is -0.300 e. The Labute approximate surface area is 171 Å². The van der Waals surface area contributed by atoms with E-state index in [1.165, 1.54) is 21.2 Å². The topological polar surface area (TPSA) is 23.6 Å². The summed E-state index contributed by atoms with van der Waals surface area (Å²) in [5.74, 6) is 0.295. The molecule has 146 valence electrons. The van der Waals surface area contributed by atoms with Crippen LogP contribution in [0.25, 0.3) is 10.1 Å². The summed E-state index contributed by atoms with van der Waals surface area (Å²) < 4.78 is 1.22. The van der Waals surface area contributed by atoms with E-state index in [1.807, 2.05) is 0 Å². The van der Waals surface area contributed by atoms with Crippen molar-refractivity contribution in [3.05, 3.63) is 70.1 Å². The highest BCUT2D eigenvalue weighted by molar-refractivity contribution is 7.21. The molecule has 0 aliphatic carbocycles. The average Bonchev–Trinajstić information content (AvgIpc) is 3.04. The zero-order valence-electron chi connectivity index (χ0n) is 16.8. The fraction of sp³-hybridized carbons (Fsp3) is 0.375. The van der Waals surface area contributed by atoms with Gasteiger partial charge in [0, 0.05) is 50.4 Å². The minimum absolute atomic E-state index is 0.295. The zero-order valence-corrected chi connectivity index (χ0v) is 17.6. The van der Waals surface area contributed by atoms with Gasteiger partial charge in [-0.3, -0.25) is 9.69 Å². The van der Waals surface area contributed by atoms with Crippen LogP contribution in [0, 0.1) is 13.8 Å². The van der Waals surface area contributed by atoms with Crippen molar-refractivity contribution in [3.8, 4) is 0 Å². The summed E-state index contributed by atoms with van der Waals surface area (Å²) in [6.07, 6.45) is 0.616. The Balaban J connectivity index is 1.29. The normalized spacial score (nSPS) is 15.9. The Morgan fingerprint density at radius 1 is 0.964 bits per heavy atom. The maximum atomic E-state index is 12.8. The Morgan fingerprint density at radius 2 is 1.68 bits per heavy atom. The molecule has 0 radical (unpaired) electrons. The molecular weight excluding hydrogens is 364 g/mol. The van der Waals surface area contributed by atoms with Gasteiger partial charge in [-0.25, -0.2) is 0 Å². The van der Waals surface area contributed by atoms with Gasteiger partial charge in [0.2, 0.25) is 0 Å². The first-order valence-electron chi connectivity index (χ1n) is 10.1. The molecule has 1 aliphatic rings. The van der Waals surface area contributed by atoms with E-state index in [2.05, 4.69) is 72.2 Å². The maximum absolute atomic E-state index is 12.8. The van der Waals surface area contributed by atoms with E-state index in [9.17, 15) is 4.79 Å². The highest BCUT2D eigenvalue weighted by Crippen LogP contribution is 2.32. The molecule has 1 aromatic heterocycles. The molecule has 0 spiro atoms. The van der Waals surface area contributed by atoms with E-state index in [1.54, 1.807) is 11.3 Å². The molecule has 3 nitrogen and oxygen atoms in total. The third-order valence-corrected chi connectivity index (χ3v) is 7.03. The van der Waals surface area contributed by atoms with E-state index < -0.39 is 0 Å². The lowest BCUT2D eigenvalue weighted by Gasteiger charge is -2.34. The van der Waals surface area contributed by atoms with Crippen molar-refractivity contribution in [2.24, 2.45) is 0 Å². The number of hydrogen-bond donors (Lipinski definition) is 0. The van der Waals surface area contributed by atoms with Crippen LogP contribution < -0.4 is 0 Å². The van der Waals surface area contributed by atoms with Crippen molar-refractivity contribution in [2.45, 2.75) is 26.8 Å². The number of rotatable bonds is 6. The van der Waals surface area contributed by atoms with Gasteiger partial charge >= 0.3 is 0 Å². The van der Waals surface area contributed by atoms with Crippen LogP contribution in [0.4, 0.5) is 0 Å². The second-order valence-electron chi connectivity index (χ2n) is 7.83. The number of nitrogens with zero attached hydrogens (tertiary/aromatic N) is 2. The maximum Gasteiger partial charge on any atom is 0.174 e. The van der Waals surface area contributed by atoms with Gasteiger partial charge in [-0.05, 0) is 36.4 Å². The van der Waals surface area contributed by atoms with Gasteiger partial charge in [0.15, 0.2) is 5.78 Å². The molecule has 4 heteroatoms. The van der Waals surface area contributed by atoms with Gasteiger partial charge in [0.1, 0.15) is 0 Å². The molecule has 0 N–H and O–H groups in total. The number of carbonyl (C=O) groups is 1. The van der Waals surface area contributed by atoms with E-state index in [0.717, 1.165) is 49.7 Å². The van der Waals surface area contributed by atoms with Crippen molar-refractivity contribution in [1.82, 2.24) is 9.80 Å². The number of carbonyl (C=O) groups excluding carboxylic acids is 1. The van der Waals surface area contributed by atoms with Crippen molar-refractivity contribution >= 4 is 27.2 Å². The van der Waals surface area contributed by atoms with Crippen LogP contribution in [0.15, 0.2) is 48.5 Å². The SMILES string of the molecule is Cc1ccc2sc(C(=O)CCN3CCN(Cc4ccccc4)CC3)c(C)c2c1. The van der Waals surface area contributed by atoms with Gasteiger partial charge in [-0.1, -0.05) is 48.0 Å². The third kappa shape index (κ3) is 4.35. The largest absolute Gasteiger partial charge is 0.300 e. The van der Waals surface area contributed by atoms with Gasteiger partial charge in [0.25, 0.3) is 0 Å². The first-order chi connectivity index (χ1) is 13.6. The van der Waals surface area contributed by atoms with Crippen LogP contribution in [-0.2, 0) is 6.54 Å². The van der Waals surface area contributed by atoms with Crippen molar-refractivity contribution in [2.75, 3.05) is 32.7 Å². The van der Waals surface area contributed by atoms with Crippen molar-refractivity contribution in [1.29, 1.82) is 0 Å². The number of thiophene rings is 1. The Kier molecular flexibility index (Phi) is 5.90. The van der Waals surface area contributed by atoms with E-state index >= 15 is 0 Å². The smallest absolute Gasteiger partial charge is 0.174 e. The fourth-order valence-electron chi connectivity index (χ4n) is 3.99. The van der Waals surface area contributed by atoms with E-state index in [4.69, 9.17) is 0 Å². The molecule has 1 fully saturated rings. The number of aryl methyl sites for hydroxylation is 2. The highest BCUT2D eigenvalue weighted by Gasteiger charge is 2.20. The molecule has 1 aliphatic heterocycles. The van der Waals surface area contributed by atoms with Crippen LogP contribution in [0.2, 0.25) is 0 Å². The summed E-state index contributed by atoms with van der Waals surface area (Å²) in [4.78, 5) is 18.7.